The van der Waals surface area contributed by atoms with Crippen molar-refractivity contribution in [2.24, 2.45) is 5.73 Å². The van der Waals surface area contributed by atoms with Crippen LogP contribution < -0.4 is 5.73 Å². The largest absolute Gasteiger partial charge is 0.321 e. The van der Waals surface area contributed by atoms with Gasteiger partial charge in [-0.15, -0.1) is 0 Å². The van der Waals surface area contributed by atoms with Gasteiger partial charge in [0.15, 0.2) is 8.46 Å². The van der Waals surface area contributed by atoms with Gasteiger partial charge in [-0.1, -0.05) is 0 Å². The Hall–Kier alpha value is -1.19. The van der Waals surface area contributed by atoms with Crippen molar-refractivity contribution in [2.45, 2.75) is 19.4 Å². The number of hydrogen-bond donors (Lipinski definition) is 1. The van der Waals surface area contributed by atoms with Crippen LogP contribution in [-0.4, -0.2) is 18.5 Å². The van der Waals surface area contributed by atoms with Crippen molar-refractivity contribution in [1.82, 2.24) is 0 Å². The number of nitrogens with two attached hydrogens (primary N) is 1. The first-order chi connectivity index (χ1) is 8.44. The third-order valence-corrected chi connectivity index (χ3v) is 1.85. The molecule has 3 nitrogen and oxygen atoms in total. The molecule has 1 aromatic rings. The number of benzene rings is 1. The van der Waals surface area contributed by atoms with Gasteiger partial charge in [0.25, 0.3) is 0 Å². The summed E-state index contributed by atoms with van der Waals surface area (Å²) in [6, 6.07) is 2.33. The molecule has 2 N–H and O–H groups in total. The molecule has 0 radical (unpaired) electrons. The SMILES string of the molecule is CP=O.[3H]N[C@@H](Cc1cc(F)cc(F)c1)C(C)=O. The number of ketones is 1. The zero-order valence-corrected chi connectivity index (χ0v) is 10.4. The van der Waals surface area contributed by atoms with Crippen molar-refractivity contribution in [1.29, 1.82) is 0 Å². The molecule has 0 fully saturated rings. The van der Waals surface area contributed by atoms with E-state index in [9.17, 15) is 13.6 Å². The van der Waals surface area contributed by atoms with Crippen LogP contribution in [0, 0.1) is 11.6 Å². The van der Waals surface area contributed by atoms with Gasteiger partial charge in [0, 0.05) is 12.7 Å². The van der Waals surface area contributed by atoms with Gasteiger partial charge >= 0.3 is 0 Å². The maximum atomic E-state index is 12.8. The van der Waals surface area contributed by atoms with Gasteiger partial charge in [0.2, 0.25) is 0 Å². The summed E-state index contributed by atoms with van der Waals surface area (Å²) in [5.74, 6) is -1.61. The average molecular weight is 263 g/mol. The fourth-order valence-electron chi connectivity index (χ4n) is 1.11. The molecule has 0 spiro atoms. The van der Waals surface area contributed by atoms with E-state index in [1.165, 1.54) is 6.92 Å². The molecule has 6 heteroatoms. The molecule has 1 rings (SSSR count). The molecule has 1 aromatic carbocycles. The van der Waals surface area contributed by atoms with Crippen LogP contribution in [0.25, 0.3) is 0 Å². The zero-order chi connectivity index (χ0) is 14.1. The van der Waals surface area contributed by atoms with E-state index in [2.05, 4.69) is 0 Å². The smallest absolute Gasteiger partial charge is 0.151 e. The third kappa shape index (κ3) is 6.87. The normalized spacial score (nSPS) is 12.4. The molecule has 0 saturated heterocycles. The summed E-state index contributed by atoms with van der Waals surface area (Å²) < 4.78 is 41.4. The lowest BCUT2D eigenvalue weighted by Gasteiger charge is -2.07. The minimum absolute atomic E-state index is 0.105. The number of carbonyl (C=O) groups excluding carboxylic acids is 1. The Kier molecular flexibility index (Phi) is 6.51. The molecular formula is C11H14F2NO2P. The molecule has 0 aromatic heterocycles. The maximum Gasteiger partial charge on any atom is 0.151 e. The van der Waals surface area contributed by atoms with Crippen LogP contribution in [0.3, 0.4) is 0 Å². The summed E-state index contributed by atoms with van der Waals surface area (Å²) in [6.07, 6.45) is 0.105. The second-order valence-electron chi connectivity index (χ2n) is 3.33. The first-order valence-corrected chi connectivity index (χ1v) is 6.04. The molecule has 0 heterocycles. The lowest BCUT2D eigenvalue weighted by atomic mass is 10.0. The van der Waals surface area contributed by atoms with Crippen LogP contribution >= 0.6 is 8.46 Å². The quantitative estimate of drug-likeness (QED) is 0.848. The van der Waals surface area contributed by atoms with Gasteiger partial charge in [0.05, 0.1) is 6.04 Å². The topological polar surface area (TPSA) is 60.2 Å². The highest BCUT2D eigenvalue weighted by Gasteiger charge is 2.10. The average Bonchev–Trinajstić information content (AvgIpc) is 2.25. The summed E-state index contributed by atoms with van der Waals surface area (Å²) in [4.78, 5) is 11.0. The Morgan fingerprint density at radius 3 is 2.29 bits per heavy atom. The monoisotopic (exact) mass is 263 g/mol. The van der Waals surface area contributed by atoms with Crippen molar-refractivity contribution < 1.29 is 19.6 Å². The first kappa shape index (κ1) is 13.9. The van der Waals surface area contributed by atoms with Crippen LogP contribution in [0.4, 0.5) is 8.78 Å². The van der Waals surface area contributed by atoms with E-state index in [1.54, 1.807) is 6.66 Å². The van der Waals surface area contributed by atoms with Crippen LogP contribution in [0.15, 0.2) is 18.2 Å². The van der Waals surface area contributed by atoms with E-state index in [1.807, 2.05) is 5.73 Å². The molecule has 0 aliphatic carbocycles. The van der Waals surface area contributed by atoms with Gasteiger partial charge in [0.1, 0.15) is 18.8 Å². The number of Topliss-reactive ketones (excluding diaryl/α,β-unsaturated/α-hetero) is 1. The van der Waals surface area contributed by atoms with E-state index in [4.69, 9.17) is 5.98 Å². The van der Waals surface area contributed by atoms with E-state index in [0.717, 1.165) is 18.2 Å². The lowest BCUT2D eigenvalue weighted by Crippen LogP contribution is -2.30. The molecule has 0 aliphatic rings. The van der Waals surface area contributed by atoms with Crippen LogP contribution in [0.2, 0.25) is 1.41 Å². The summed E-state index contributed by atoms with van der Waals surface area (Å²) in [5.41, 5.74) is 2.40. The third-order valence-electron chi connectivity index (χ3n) is 1.85. The number of carbonyl (C=O) groups is 1. The van der Waals surface area contributed by atoms with E-state index in [0.29, 0.717) is 5.56 Å². The molecule has 0 unspecified atom stereocenters. The number of hydrogen-bond acceptors (Lipinski definition) is 3. The zero-order valence-electron chi connectivity index (χ0n) is 10.5. The molecule has 94 valence electrons. The molecule has 0 saturated carbocycles. The van der Waals surface area contributed by atoms with Crippen molar-refractivity contribution in [3.8, 4) is 0 Å². The number of halogens is 2. The van der Waals surface area contributed by atoms with E-state index >= 15 is 0 Å². The number of rotatable bonds is 4. The Bertz CT molecular complexity index is 398. The highest BCUT2D eigenvalue weighted by Crippen LogP contribution is 2.09. The van der Waals surface area contributed by atoms with Crippen molar-refractivity contribution in [2.75, 3.05) is 6.66 Å². The van der Waals surface area contributed by atoms with Crippen LogP contribution in [-0.2, 0) is 15.8 Å². The highest BCUT2D eigenvalue weighted by molar-refractivity contribution is 7.22. The molecule has 0 aliphatic heterocycles. The standard InChI is InChI=1S/C10H11F2NO.CH3OP/c1-6(14)10(13)4-7-2-8(11)5-9(12)3-7;1-3-2/h2-3,5,10H,4,13H2,1H3;1H3/t10-;/m0./s1/i/hT. The fourth-order valence-corrected chi connectivity index (χ4v) is 1.11. The second kappa shape index (κ2) is 7.98. The molecule has 0 amide bonds. The summed E-state index contributed by atoms with van der Waals surface area (Å²) >= 11 is 0. The fraction of sp³-hybridized carbons (Fsp3) is 0.364. The Morgan fingerprint density at radius 2 is 1.94 bits per heavy atom. The van der Waals surface area contributed by atoms with E-state index < -0.39 is 17.7 Å². The molecule has 0 bridgehead atoms. The minimum Gasteiger partial charge on any atom is -0.321 e. The van der Waals surface area contributed by atoms with Crippen LogP contribution in [0.1, 0.15) is 12.5 Å². The van der Waals surface area contributed by atoms with Gasteiger partial charge < -0.3 is 5.73 Å². The van der Waals surface area contributed by atoms with Crippen molar-refractivity contribution in [3.63, 3.8) is 0 Å². The summed E-state index contributed by atoms with van der Waals surface area (Å²) in [6.45, 7) is 2.86. The van der Waals surface area contributed by atoms with Crippen molar-refractivity contribution >= 4 is 14.2 Å². The molecule has 1 atom stereocenters. The predicted molar refractivity (Wildman–Crippen MR) is 62.2 cm³/mol. The maximum absolute atomic E-state index is 12.8. The Balaban J connectivity index is 0.000000873. The summed E-state index contributed by atoms with van der Waals surface area (Å²) in [7, 11) is 0.167. The molecular weight excluding hydrogens is 247 g/mol. The second-order valence-corrected chi connectivity index (χ2v) is 3.69. The summed E-state index contributed by atoms with van der Waals surface area (Å²) in [5, 5.41) is 0. The van der Waals surface area contributed by atoms with Crippen LogP contribution in [0.5, 0.6) is 0 Å². The Morgan fingerprint density at radius 1 is 1.47 bits per heavy atom. The van der Waals surface area contributed by atoms with Gasteiger partial charge in [-0.25, -0.2) is 8.78 Å². The highest BCUT2D eigenvalue weighted by atomic mass is 31.1. The first-order valence-electron chi connectivity index (χ1n) is 5.28. The molecule has 17 heavy (non-hydrogen) atoms. The van der Waals surface area contributed by atoms with Gasteiger partial charge in [-0.05, 0) is 31.0 Å². The Labute approximate surface area is 102 Å². The minimum atomic E-state index is -0.730. The van der Waals surface area contributed by atoms with E-state index in [-0.39, 0.29) is 20.7 Å². The van der Waals surface area contributed by atoms with Gasteiger partial charge in [-0.2, -0.15) is 0 Å². The lowest BCUT2D eigenvalue weighted by molar-refractivity contribution is -0.118. The van der Waals surface area contributed by atoms with Crippen molar-refractivity contribution in [3.05, 3.63) is 35.4 Å². The van der Waals surface area contributed by atoms with Gasteiger partial charge in [-0.3, -0.25) is 9.36 Å². The predicted octanol–water partition coefficient (Wildman–Crippen LogP) is 2.33.